The molecule has 1 heterocycles. The quantitative estimate of drug-likeness (QED) is 0.851. The van der Waals surface area contributed by atoms with Crippen LogP contribution in [-0.2, 0) is 10.0 Å². The van der Waals surface area contributed by atoms with Crippen molar-refractivity contribution in [3.8, 4) is 6.07 Å². The van der Waals surface area contributed by atoms with Gasteiger partial charge in [0.1, 0.15) is 0 Å². The maximum absolute atomic E-state index is 12.4. The Morgan fingerprint density at radius 1 is 1.32 bits per heavy atom. The third-order valence-electron chi connectivity index (χ3n) is 3.75. The van der Waals surface area contributed by atoms with Gasteiger partial charge in [0.05, 0.1) is 16.5 Å². The van der Waals surface area contributed by atoms with Crippen LogP contribution >= 0.6 is 0 Å². The maximum Gasteiger partial charge on any atom is 0.243 e. The highest BCUT2D eigenvalue weighted by molar-refractivity contribution is 7.89. The van der Waals surface area contributed by atoms with Crippen LogP contribution in [-0.4, -0.2) is 25.8 Å². The third kappa shape index (κ3) is 2.80. The maximum atomic E-state index is 12.4. The molecule has 0 unspecified atom stereocenters. The van der Waals surface area contributed by atoms with Gasteiger partial charge in [0.15, 0.2) is 0 Å². The second kappa shape index (κ2) is 5.32. The molecular weight excluding hydrogens is 260 g/mol. The van der Waals surface area contributed by atoms with Crippen molar-refractivity contribution in [2.45, 2.75) is 25.2 Å². The molecule has 102 valence electrons. The van der Waals surface area contributed by atoms with E-state index in [2.05, 4.69) is 13.8 Å². The van der Waals surface area contributed by atoms with E-state index in [1.54, 1.807) is 16.4 Å². The Bertz CT molecular complexity index is 585. The van der Waals surface area contributed by atoms with E-state index in [1.807, 2.05) is 6.07 Å². The first kappa shape index (κ1) is 14.0. The highest BCUT2D eigenvalue weighted by Gasteiger charge is 2.33. The van der Waals surface area contributed by atoms with E-state index in [0.717, 1.165) is 6.42 Å². The molecule has 1 aliphatic heterocycles. The molecule has 2 rings (SSSR count). The number of rotatable bonds is 3. The SMILES string of the molecule is CC(C)[C@@H]1CCN(S(=O)(=O)c2ccc(C#N)cc2)C1. The molecule has 19 heavy (non-hydrogen) atoms. The number of nitriles is 1. The molecule has 1 aliphatic rings. The van der Waals surface area contributed by atoms with E-state index in [0.29, 0.717) is 30.5 Å². The number of benzene rings is 1. The molecule has 1 aromatic carbocycles. The molecule has 1 aromatic rings. The van der Waals surface area contributed by atoms with Gasteiger partial charge in [0, 0.05) is 13.1 Å². The second-order valence-electron chi connectivity index (χ2n) is 5.29. The molecule has 0 spiro atoms. The van der Waals surface area contributed by atoms with Crippen LogP contribution in [0.4, 0.5) is 0 Å². The van der Waals surface area contributed by atoms with Crippen molar-refractivity contribution in [2.75, 3.05) is 13.1 Å². The van der Waals surface area contributed by atoms with E-state index in [1.165, 1.54) is 12.1 Å². The summed E-state index contributed by atoms with van der Waals surface area (Å²) in [5, 5.41) is 8.73. The van der Waals surface area contributed by atoms with Crippen molar-refractivity contribution in [1.82, 2.24) is 4.31 Å². The van der Waals surface area contributed by atoms with Crippen molar-refractivity contribution in [1.29, 1.82) is 5.26 Å². The van der Waals surface area contributed by atoms with Gasteiger partial charge in [-0.25, -0.2) is 8.42 Å². The molecule has 0 amide bonds. The highest BCUT2D eigenvalue weighted by Crippen LogP contribution is 2.28. The van der Waals surface area contributed by atoms with Crippen LogP contribution in [0.15, 0.2) is 29.2 Å². The van der Waals surface area contributed by atoms with Gasteiger partial charge in [-0.2, -0.15) is 9.57 Å². The molecule has 0 bridgehead atoms. The molecule has 1 saturated heterocycles. The Labute approximate surface area is 114 Å². The van der Waals surface area contributed by atoms with Crippen molar-refractivity contribution in [2.24, 2.45) is 11.8 Å². The Hall–Kier alpha value is -1.38. The Morgan fingerprint density at radius 2 is 1.95 bits per heavy atom. The summed E-state index contributed by atoms with van der Waals surface area (Å²) < 4.78 is 26.4. The predicted octanol–water partition coefficient (Wildman–Crippen LogP) is 2.22. The molecule has 1 atom stereocenters. The number of hydrogen-bond acceptors (Lipinski definition) is 3. The van der Waals surface area contributed by atoms with E-state index in [9.17, 15) is 8.42 Å². The van der Waals surface area contributed by atoms with Gasteiger partial charge < -0.3 is 0 Å². The van der Waals surface area contributed by atoms with E-state index in [4.69, 9.17) is 5.26 Å². The molecule has 0 radical (unpaired) electrons. The summed E-state index contributed by atoms with van der Waals surface area (Å²) in [6, 6.07) is 8.10. The Balaban J connectivity index is 2.21. The number of hydrogen-bond donors (Lipinski definition) is 0. The first-order valence-electron chi connectivity index (χ1n) is 6.45. The van der Waals surface area contributed by atoms with Gasteiger partial charge >= 0.3 is 0 Å². The van der Waals surface area contributed by atoms with Crippen LogP contribution in [0.2, 0.25) is 0 Å². The third-order valence-corrected chi connectivity index (χ3v) is 5.63. The average molecular weight is 278 g/mol. The molecule has 4 nitrogen and oxygen atoms in total. The zero-order valence-electron chi connectivity index (χ0n) is 11.2. The highest BCUT2D eigenvalue weighted by atomic mass is 32.2. The molecular formula is C14H18N2O2S. The van der Waals surface area contributed by atoms with Gasteiger partial charge in [-0.1, -0.05) is 13.8 Å². The van der Waals surface area contributed by atoms with Gasteiger partial charge in [0.2, 0.25) is 10.0 Å². The van der Waals surface area contributed by atoms with Crippen LogP contribution in [0.3, 0.4) is 0 Å². The average Bonchev–Trinajstić information content (AvgIpc) is 2.89. The van der Waals surface area contributed by atoms with Gasteiger partial charge in [-0.3, -0.25) is 0 Å². The van der Waals surface area contributed by atoms with Gasteiger partial charge in [0.25, 0.3) is 0 Å². The number of nitrogens with zero attached hydrogens (tertiary/aromatic N) is 2. The van der Waals surface area contributed by atoms with Crippen molar-refractivity contribution < 1.29 is 8.42 Å². The fourth-order valence-corrected chi connectivity index (χ4v) is 3.88. The summed E-state index contributed by atoms with van der Waals surface area (Å²) in [6.45, 7) is 5.44. The van der Waals surface area contributed by atoms with Crippen LogP contribution < -0.4 is 0 Å². The molecule has 0 saturated carbocycles. The smallest absolute Gasteiger partial charge is 0.207 e. The fraction of sp³-hybridized carbons (Fsp3) is 0.500. The first-order chi connectivity index (χ1) is 8.95. The minimum Gasteiger partial charge on any atom is -0.207 e. The lowest BCUT2D eigenvalue weighted by Crippen LogP contribution is -2.29. The zero-order chi connectivity index (χ0) is 14.0. The van der Waals surface area contributed by atoms with E-state index < -0.39 is 10.0 Å². The first-order valence-corrected chi connectivity index (χ1v) is 7.89. The monoisotopic (exact) mass is 278 g/mol. The molecule has 0 N–H and O–H groups in total. The fourth-order valence-electron chi connectivity index (χ4n) is 2.37. The standard InChI is InChI=1S/C14H18N2O2S/c1-11(2)13-7-8-16(10-13)19(17,18)14-5-3-12(9-15)4-6-14/h3-6,11,13H,7-8,10H2,1-2H3/t13-/m1/s1. The minimum absolute atomic E-state index is 0.274. The van der Waals surface area contributed by atoms with E-state index in [-0.39, 0.29) is 4.90 Å². The lowest BCUT2D eigenvalue weighted by molar-refractivity contribution is 0.388. The Kier molecular flexibility index (Phi) is 3.93. The van der Waals surface area contributed by atoms with Crippen LogP contribution in [0.1, 0.15) is 25.8 Å². The summed E-state index contributed by atoms with van der Waals surface area (Å²) in [5.41, 5.74) is 0.473. The van der Waals surface area contributed by atoms with Crippen LogP contribution in [0.5, 0.6) is 0 Å². The summed E-state index contributed by atoms with van der Waals surface area (Å²) >= 11 is 0. The molecule has 5 heteroatoms. The minimum atomic E-state index is -3.41. The predicted molar refractivity (Wildman–Crippen MR) is 72.9 cm³/mol. The molecule has 0 aliphatic carbocycles. The van der Waals surface area contributed by atoms with Crippen molar-refractivity contribution >= 4 is 10.0 Å². The Morgan fingerprint density at radius 3 is 2.42 bits per heavy atom. The van der Waals surface area contributed by atoms with Gasteiger partial charge in [-0.05, 0) is 42.5 Å². The van der Waals surface area contributed by atoms with E-state index >= 15 is 0 Å². The van der Waals surface area contributed by atoms with Crippen LogP contribution in [0.25, 0.3) is 0 Å². The topological polar surface area (TPSA) is 61.2 Å². The molecule has 0 aromatic heterocycles. The lowest BCUT2D eigenvalue weighted by Gasteiger charge is -2.18. The summed E-state index contributed by atoms with van der Waals surface area (Å²) in [7, 11) is -3.41. The molecule has 1 fully saturated rings. The second-order valence-corrected chi connectivity index (χ2v) is 7.23. The van der Waals surface area contributed by atoms with Crippen molar-refractivity contribution in [3.63, 3.8) is 0 Å². The number of sulfonamides is 1. The lowest BCUT2D eigenvalue weighted by atomic mass is 9.96. The van der Waals surface area contributed by atoms with Crippen molar-refractivity contribution in [3.05, 3.63) is 29.8 Å². The summed E-state index contributed by atoms with van der Waals surface area (Å²) in [6.07, 6.45) is 0.924. The largest absolute Gasteiger partial charge is 0.243 e. The summed E-state index contributed by atoms with van der Waals surface area (Å²) in [5.74, 6) is 0.939. The van der Waals surface area contributed by atoms with Crippen LogP contribution in [0, 0.1) is 23.2 Å². The summed E-state index contributed by atoms with van der Waals surface area (Å²) in [4.78, 5) is 0.274. The zero-order valence-corrected chi connectivity index (χ0v) is 12.0. The van der Waals surface area contributed by atoms with Gasteiger partial charge in [-0.15, -0.1) is 0 Å². The normalized spacial score (nSPS) is 20.6.